The Morgan fingerprint density at radius 3 is 2.00 bits per heavy atom. The minimum Gasteiger partial charge on any atom is -0.481 e. The van der Waals surface area contributed by atoms with Crippen LogP contribution < -0.4 is 5.73 Å². The summed E-state index contributed by atoms with van der Waals surface area (Å²) in [6.07, 6.45) is 5.56. The summed E-state index contributed by atoms with van der Waals surface area (Å²) in [6.45, 7) is 5.95. The Morgan fingerprint density at radius 2 is 1.75 bits per heavy atom. The van der Waals surface area contributed by atoms with Crippen molar-refractivity contribution in [2.75, 3.05) is 0 Å². The van der Waals surface area contributed by atoms with Gasteiger partial charge in [0.25, 0.3) is 0 Å². The van der Waals surface area contributed by atoms with E-state index in [1.807, 2.05) is 13.8 Å². The van der Waals surface area contributed by atoms with Crippen molar-refractivity contribution in [3.8, 4) is 0 Å². The maximum atomic E-state index is 9.87. The Morgan fingerprint density at radius 1 is 1.19 bits per heavy atom. The van der Waals surface area contributed by atoms with Crippen molar-refractivity contribution >= 4 is 5.97 Å². The van der Waals surface area contributed by atoms with Gasteiger partial charge in [-0.2, -0.15) is 0 Å². The SMILES string of the molecule is CCCC(N)(O)CC.CCCCCC(=O)O. The molecule has 4 heteroatoms. The van der Waals surface area contributed by atoms with Crippen LogP contribution in [0.3, 0.4) is 0 Å². The summed E-state index contributed by atoms with van der Waals surface area (Å²) in [5.41, 5.74) is 4.47. The molecule has 0 bridgehead atoms. The van der Waals surface area contributed by atoms with Gasteiger partial charge in [-0.15, -0.1) is 0 Å². The highest BCUT2D eigenvalue weighted by molar-refractivity contribution is 5.66. The molecule has 0 rings (SSSR count). The number of aliphatic carboxylic acids is 1. The summed E-state index contributed by atoms with van der Waals surface area (Å²) in [7, 11) is 0. The summed E-state index contributed by atoms with van der Waals surface area (Å²) < 4.78 is 0. The molecule has 0 aromatic carbocycles. The molecule has 0 aliphatic rings. The average molecular weight is 233 g/mol. The predicted molar refractivity (Wildman–Crippen MR) is 66.1 cm³/mol. The lowest BCUT2D eigenvalue weighted by Crippen LogP contribution is -2.38. The number of nitrogens with two attached hydrogens (primary N) is 1. The van der Waals surface area contributed by atoms with Crippen LogP contribution in [0, 0.1) is 0 Å². The number of aliphatic hydroxyl groups is 1. The predicted octanol–water partition coefficient (Wildman–Crippen LogP) is 2.50. The van der Waals surface area contributed by atoms with Gasteiger partial charge in [-0.1, -0.05) is 40.0 Å². The Balaban J connectivity index is 0. The average Bonchev–Trinajstić information content (AvgIpc) is 2.19. The van der Waals surface area contributed by atoms with Gasteiger partial charge < -0.3 is 15.9 Å². The van der Waals surface area contributed by atoms with Crippen molar-refractivity contribution in [2.45, 2.75) is 71.4 Å². The van der Waals surface area contributed by atoms with Gasteiger partial charge in [-0.05, 0) is 19.3 Å². The number of carboxylic acid groups (broad SMARTS) is 1. The molecule has 98 valence electrons. The van der Waals surface area contributed by atoms with Crippen LogP contribution in [0.1, 0.15) is 65.7 Å². The van der Waals surface area contributed by atoms with Crippen molar-refractivity contribution < 1.29 is 15.0 Å². The van der Waals surface area contributed by atoms with Gasteiger partial charge in [0.1, 0.15) is 5.72 Å². The molecular formula is C12H27NO3. The van der Waals surface area contributed by atoms with Crippen LogP contribution in [0.5, 0.6) is 0 Å². The first-order chi connectivity index (χ1) is 7.39. The summed E-state index contributed by atoms with van der Waals surface area (Å²) in [4.78, 5) is 9.87. The maximum Gasteiger partial charge on any atom is 0.303 e. The Kier molecular flexibility index (Phi) is 12.1. The third-order valence-corrected chi connectivity index (χ3v) is 2.29. The fourth-order valence-electron chi connectivity index (χ4n) is 1.14. The van der Waals surface area contributed by atoms with Crippen molar-refractivity contribution in [1.82, 2.24) is 0 Å². The smallest absolute Gasteiger partial charge is 0.303 e. The molecule has 1 atom stereocenters. The molecular weight excluding hydrogens is 206 g/mol. The summed E-state index contributed by atoms with van der Waals surface area (Å²) in [5, 5.41) is 17.2. The number of carboxylic acids is 1. The summed E-state index contributed by atoms with van der Waals surface area (Å²) in [6, 6.07) is 0. The lowest BCUT2D eigenvalue weighted by Gasteiger charge is -2.19. The Bertz CT molecular complexity index is 170. The Labute approximate surface area is 98.8 Å². The van der Waals surface area contributed by atoms with Gasteiger partial charge in [0.05, 0.1) is 0 Å². The van der Waals surface area contributed by atoms with E-state index >= 15 is 0 Å². The van der Waals surface area contributed by atoms with Crippen LogP contribution >= 0.6 is 0 Å². The molecule has 0 saturated carbocycles. The molecule has 0 aliphatic heterocycles. The number of rotatable bonds is 7. The van der Waals surface area contributed by atoms with E-state index in [0.717, 1.165) is 25.7 Å². The van der Waals surface area contributed by atoms with Gasteiger partial charge >= 0.3 is 5.97 Å². The molecule has 16 heavy (non-hydrogen) atoms. The van der Waals surface area contributed by atoms with E-state index in [0.29, 0.717) is 19.3 Å². The third-order valence-electron chi connectivity index (χ3n) is 2.29. The molecule has 0 saturated heterocycles. The van der Waals surface area contributed by atoms with E-state index in [1.54, 1.807) is 0 Å². The molecule has 0 aromatic heterocycles. The fourth-order valence-corrected chi connectivity index (χ4v) is 1.14. The number of carbonyl (C=O) groups is 1. The number of hydrogen-bond donors (Lipinski definition) is 3. The second-order valence-electron chi connectivity index (χ2n) is 4.06. The van der Waals surface area contributed by atoms with Crippen LogP contribution in [0.4, 0.5) is 0 Å². The molecule has 0 aliphatic carbocycles. The van der Waals surface area contributed by atoms with Crippen molar-refractivity contribution in [3.05, 3.63) is 0 Å². The van der Waals surface area contributed by atoms with E-state index < -0.39 is 11.7 Å². The first-order valence-corrected chi connectivity index (χ1v) is 6.12. The number of unbranched alkanes of at least 4 members (excludes halogenated alkanes) is 2. The Hall–Kier alpha value is -0.610. The monoisotopic (exact) mass is 233 g/mol. The molecule has 0 radical (unpaired) electrons. The lowest BCUT2D eigenvalue weighted by atomic mass is 10.1. The van der Waals surface area contributed by atoms with E-state index in [1.165, 1.54) is 0 Å². The molecule has 4 nitrogen and oxygen atoms in total. The molecule has 0 aromatic rings. The first-order valence-electron chi connectivity index (χ1n) is 6.12. The van der Waals surface area contributed by atoms with Crippen molar-refractivity contribution in [3.63, 3.8) is 0 Å². The lowest BCUT2D eigenvalue weighted by molar-refractivity contribution is -0.137. The number of hydrogen-bond acceptors (Lipinski definition) is 3. The zero-order chi connectivity index (χ0) is 13.0. The van der Waals surface area contributed by atoms with Gasteiger partial charge in [0, 0.05) is 6.42 Å². The molecule has 0 spiro atoms. The summed E-state index contributed by atoms with van der Waals surface area (Å²) in [5.74, 6) is -0.682. The second-order valence-corrected chi connectivity index (χ2v) is 4.06. The normalized spacial score (nSPS) is 13.6. The molecule has 0 fully saturated rings. The van der Waals surface area contributed by atoms with Gasteiger partial charge in [-0.25, -0.2) is 0 Å². The third kappa shape index (κ3) is 15.8. The minimum absolute atomic E-state index is 0.327. The zero-order valence-electron chi connectivity index (χ0n) is 10.8. The van der Waals surface area contributed by atoms with Crippen LogP contribution in [0.2, 0.25) is 0 Å². The van der Waals surface area contributed by atoms with Gasteiger partial charge in [-0.3, -0.25) is 4.79 Å². The highest BCUT2D eigenvalue weighted by Crippen LogP contribution is 2.08. The largest absolute Gasteiger partial charge is 0.481 e. The van der Waals surface area contributed by atoms with Crippen molar-refractivity contribution in [2.24, 2.45) is 5.73 Å². The molecule has 1 unspecified atom stereocenters. The molecule has 4 N–H and O–H groups in total. The van der Waals surface area contributed by atoms with Crippen LogP contribution in [-0.2, 0) is 4.79 Å². The van der Waals surface area contributed by atoms with Crippen LogP contribution in [-0.4, -0.2) is 21.9 Å². The molecule has 0 amide bonds. The quantitative estimate of drug-likeness (QED) is 0.466. The second kappa shape index (κ2) is 10.9. The highest BCUT2D eigenvalue weighted by Gasteiger charge is 2.14. The van der Waals surface area contributed by atoms with E-state index in [4.69, 9.17) is 15.9 Å². The van der Waals surface area contributed by atoms with E-state index in [9.17, 15) is 4.79 Å². The zero-order valence-corrected chi connectivity index (χ0v) is 10.8. The van der Waals surface area contributed by atoms with Crippen LogP contribution in [0.25, 0.3) is 0 Å². The van der Waals surface area contributed by atoms with Crippen molar-refractivity contribution in [1.29, 1.82) is 0 Å². The van der Waals surface area contributed by atoms with E-state index in [-0.39, 0.29) is 0 Å². The van der Waals surface area contributed by atoms with Crippen LogP contribution in [0.15, 0.2) is 0 Å². The topological polar surface area (TPSA) is 83.5 Å². The standard InChI is InChI=1S/C6H15NO.C6H12O2/c1-3-5-6(7,8)4-2;1-2-3-4-5-6(7)8/h8H,3-5,7H2,1-2H3;2-5H2,1H3,(H,7,8). The fraction of sp³-hybridized carbons (Fsp3) is 0.917. The first kappa shape index (κ1) is 17.8. The summed E-state index contributed by atoms with van der Waals surface area (Å²) >= 11 is 0. The minimum atomic E-state index is -0.908. The van der Waals surface area contributed by atoms with Gasteiger partial charge in [0.15, 0.2) is 0 Å². The van der Waals surface area contributed by atoms with E-state index in [2.05, 4.69) is 6.92 Å². The molecule has 0 heterocycles. The highest BCUT2D eigenvalue weighted by atomic mass is 16.4. The maximum absolute atomic E-state index is 9.87. The van der Waals surface area contributed by atoms with Gasteiger partial charge in [0.2, 0.25) is 0 Å².